The summed E-state index contributed by atoms with van der Waals surface area (Å²) in [4.78, 5) is 89.2. The predicted molar refractivity (Wildman–Crippen MR) is 500 cm³/mol. The molecule has 30 heteroatoms. The first kappa shape index (κ1) is 108. The molecule has 10 aromatic carbocycles. The molecular formula is C108H120F12O18. The SMILES string of the molecule is CCCCCCCCOc1cc(F)c(C(=O)Oc2cc3c4cc(OC(=O)c5c(F)cc(OCCCCCCCC)cc5F)c(OC(=O)c5c(F)cc(OCCCCCCCC)cc5F)cc4c4cc(OC(=O)c5c(F)cc(OCCCCCCCC)cc5F)c(OC(=O)c5c(F)cc(OCCCCCCCC)cc5F)cc4c3cc2OC(=O)c2c(F)cc(OCCCCCCCC)cc2F)c(F)c1. The van der Waals surface area contributed by atoms with Crippen LogP contribution in [0.25, 0.3) is 32.3 Å². The average molecular weight is 1930 g/mol. The second kappa shape index (κ2) is 55.4. The van der Waals surface area contributed by atoms with E-state index in [-0.39, 0.29) is 74.1 Å². The Labute approximate surface area is 796 Å². The van der Waals surface area contributed by atoms with Crippen molar-refractivity contribution in [2.45, 2.75) is 273 Å². The molecule has 0 N–H and O–H groups in total. The van der Waals surface area contributed by atoms with Gasteiger partial charge in [0, 0.05) is 72.8 Å². The molecule has 0 radical (unpaired) electrons. The minimum absolute atomic E-state index is 0.0132. The van der Waals surface area contributed by atoms with Crippen molar-refractivity contribution in [3.05, 3.63) is 212 Å². The molecule has 0 saturated carbocycles. The van der Waals surface area contributed by atoms with Crippen molar-refractivity contribution in [3.63, 3.8) is 0 Å². The number of ether oxygens (including phenoxy) is 12. The van der Waals surface area contributed by atoms with E-state index >= 15 is 52.7 Å². The monoisotopic (exact) mass is 1930 g/mol. The fourth-order valence-corrected chi connectivity index (χ4v) is 15.8. The first-order chi connectivity index (χ1) is 66.7. The Kier molecular flexibility index (Phi) is 43.3. The largest absolute Gasteiger partial charge is 0.493 e. The number of carbonyl (C=O) groups is 6. The molecule has 10 aromatic rings. The zero-order chi connectivity index (χ0) is 99.2. The first-order valence-electron chi connectivity index (χ1n) is 48.3. The van der Waals surface area contributed by atoms with E-state index in [0.29, 0.717) is 150 Å². The zero-order valence-corrected chi connectivity index (χ0v) is 79.0. The molecule has 0 bridgehead atoms. The van der Waals surface area contributed by atoms with Crippen LogP contribution in [0.1, 0.15) is 335 Å². The van der Waals surface area contributed by atoms with E-state index in [2.05, 4.69) is 0 Å². The number of rotatable bonds is 60. The molecule has 0 unspecified atom stereocenters. The molecule has 0 amide bonds. The lowest BCUT2D eigenvalue weighted by Crippen LogP contribution is -2.17. The lowest BCUT2D eigenvalue weighted by atomic mass is 9.93. The van der Waals surface area contributed by atoms with Gasteiger partial charge in [-0.25, -0.2) is 81.5 Å². The van der Waals surface area contributed by atoms with E-state index in [1.807, 2.05) is 41.5 Å². The molecule has 0 aliphatic heterocycles. The third-order valence-corrected chi connectivity index (χ3v) is 23.3. The van der Waals surface area contributed by atoms with E-state index in [1.54, 1.807) is 0 Å². The third-order valence-electron chi connectivity index (χ3n) is 23.3. The standard InChI is InChI=1S/C108H120F12O18/c1-7-13-19-25-31-37-43-127-67-49-79(109)97(80(110)50-67)103(121)133-91-61-73-74(62-92(91)134-104(122)98-81(111)51-68(52-82(98)112)128-44-38-32-26-20-14-8-2)76-64-94(136-106(124)100-85(115)55-70(56-86(100)116)130-46-40-34-28-22-16-10-4)96(138-108(126)102-89(119)59-72(60-90(102)120)132-48-42-36-30-24-18-12-6)66-78(76)77-65-95(137-107(125)101-87(117)57-71(58-88(101)118)131-47-41-35-29-23-17-11-5)93(63-75(73)77)135-105(123)99-83(113)53-69(54-84(99)114)129-45-39-33-27-21-15-9-3/h49-66H,7-48H2,1-6H3. The maximum atomic E-state index is 16.7. The van der Waals surface area contributed by atoms with Crippen molar-refractivity contribution in [2.75, 3.05) is 39.6 Å². The van der Waals surface area contributed by atoms with E-state index in [0.717, 1.165) is 190 Å². The minimum Gasteiger partial charge on any atom is -0.493 e. The number of fused-ring (bicyclic) bond motifs is 6. The smallest absolute Gasteiger partial charge is 0.349 e. The third kappa shape index (κ3) is 30.9. The maximum absolute atomic E-state index is 16.7. The number of benzene rings is 10. The van der Waals surface area contributed by atoms with Crippen LogP contribution in [0.15, 0.2) is 109 Å². The van der Waals surface area contributed by atoms with Gasteiger partial charge in [-0.1, -0.05) is 234 Å². The lowest BCUT2D eigenvalue weighted by molar-refractivity contribution is 0.0671. The Hall–Kier alpha value is -12.2. The number of hydrogen-bond donors (Lipinski definition) is 0. The predicted octanol–water partition coefficient (Wildman–Crippen LogP) is 30.6. The maximum Gasteiger partial charge on any atom is 0.349 e. The highest BCUT2D eigenvalue weighted by molar-refractivity contribution is 6.27. The topological polar surface area (TPSA) is 213 Å². The molecule has 0 fully saturated rings. The lowest BCUT2D eigenvalue weighted by Gasteiger charge is -2.20. The molecule has 0 aliphatic rings. The van der Waals surface area contributed by atoms with Gasteiger partial charge in [0.25, 0.3) is 0 Å². The fourth-order valence-electron chi connectivity index (χ4n) is 15.8. The summed E-state index contributed by atoms with van der Waals surface area (Å²) in [7, 11) is 0. The van der Waals surface area contributed by atoms with E-state index in [9.17, 15) is 28.8 Å². The molecule has 10 rings (SSSR count). The highest BCUT2D eigenvalue weighted by Crippen LogP contribution is 2.49. The summed E-state index contributed by atoms with van der Waals surface area (Å²) in [6.07, 6.45) is 29.3. The van der Waals surface area contributed by atoms with Crippen LogP contribution in [0.3, 0.4) is 0 Å². The Morgan fingerprint density at radius 2 is 0.275 bits per heavy atom. The number of halogens is 12. The molecule has 0 saturated heterocycles. The number of unbranched alkanes of at least 4 members (excludes halogenated alkanes) is 30. The molecule has 0 aliphatic carbocycles. The van der Waals surface area contributed by atoms with Gasteiger partial charge in [0.1, 0.15) is 138 Å². The first-order valence-corrected chi connectivity index (χ1v) is 48.3. The molecule has 0 atom stereocenters. The second-order valence-electron chi connectivity index (χ2n) is 34.1. The van der Waals surface area contributed by atoms with Crippen LogP contribution in [0.4, 0.5) is 52.7 Å². The summed E-state index contributed by atoms with van der Waals surface area (Å²) in [6, 6.07) is 12.5. The van der Waals surface area contributed by atoms with Gasteiger partial charge >= 0.3 is 35.8 Å². The van der Waals surface area contributed by atoms with Gasteiger partial charge in [-0.2, -0.15) is 0 Å². The van der Waals surface area contributed by atoms with Crippen LogP contribution >= 0.6 is 0 Å². The number of carbonyl (C=O) groups excluding carboxylic acids is 6. The van der Waals surface area contributed by atoms with Crippen molar-refractivity contribution in [1.29, 1.82) is 0 Å². The van der Waals surface area contributed by atoms with Crippen molar-refractivity contribution in [1.82, 2.24) is 0 Å². The molecule has 0 spiro atoms. The normalized spacial score (nSPS) is 11.3. The summed E-state index contributed by atoms with van der Waals surface area (Å²) in [5.41, 5.74) is -8.58. The van der Waals surface area contributed by atoms with Crippen molar-refractivity contribution in [2.24, 2.45) is 0 Å². The van der Waals surface area contributed by atoms with E-state index in [4.69, 9.17) is 56.8 Å². The van der Waals surface area contributed by atoms with Crippen LogP contribution in [0.2, 0.25) is 0 Å². The van der Waals surface area contributed by atoms with E-state index in [1.165, 1.54) is 0 Å². The van der Waals surface area contributed by atoms with Crippen LogP contribution in [-0.2, 0) is 0 Å². The molecule has 18 nitrogen and oxygen atoms in total. The van der Waals surface area contributed by atoms with Crippen LogP contribution in [-0.4, -0.2) is 75.5 Å². The second-order valence-corrected chi connectivity index (χ2v) is 34.1. The zero-order valence-electron chi connectivity index (χ0n) is 79.0. The molecule has 138 heavy (non-hydrogen) atoms. The Bertz CT molecular complexity index is 4760. The number of esters is 6. The summed E-state index contributed by atoms with van der Waals surface area (Å²) < 4.78 is 269. The van der Waals surface area contributed by atoms with Gasteiger partial charge in [-0.15, -0.1) is 0 Å². The molecule has 0 aromatic heterocycles. The van der Waals surface area contributed by atoms with Crippen LogP contribution in [0, 0.1) is 69.8 Å². The highest BCUT2D eigenvalue weighted by Gasteiger charge is 2.34. The summed E-state index contributed by atoms with van der Waals surface area (Å²) in [6.45, 7) is 12.1. The highest BCUT2D eigenvalue weighted by atomic mass is 19.2. The molecule has 744 valence electrons. The van der Waals surface area contributed by atoms with Crippen molar-refractivity contribution >= 4 is 68.1 Å². The van der Waals surface area contributed by atoms with Crippen LogP contribution in [0.5, 0.6) is 69.0 Å². The summed E-state index contributed by atoms with van der Waals surface area (Å²) >= 11 is 0. The average Bonchev–Trinajstić information content (AvgIpc) is 0.718. The van der Waals surface area contributed by atoms with E-state index < -0.39 is 206 Å². The van der Waals surface area contributed by atoms with Gasteiger partial charge in [0.15, 0.2) is 34.5 Å². The minimum atomic E-state index is -1.93. The van der Waals surface area contributed by atoms with Crippen molar-refractivity contribution < 1.29 is 138 Å². The number of hydrogen-bond acceptors (Lipinski definition) is 18. The van der Waals surface area contributed by atoms with Gasteiger partial charge in [-0.3, -0.25) is 0 Å². The van der Waals surface area contributed by atoms with Crippen LogP contribution < -0.4 is 56.8 Å². The Balaban J connectivity index is 1.23. The quantitative estimate of drug-likeness (QED) is 0.0114. The van der Waals surface area contributed by atoms with Gasteiger partial charge in [0.05, 0.1) is 39.6 Å². The summed E-state index contributed by atoms with van der Waals surface area (Å²) in [5, 5.41) is -3.11. The van der Waals surface area contributed by atoms with Crippen molar-refractivity contribution in [3.8, 4) is 69.0 Å². The molecular weight excluding hydrogens is 1810 g/mol. The summed E-state index contributed by atoms with van der Waals surface area (Å²) in [5.74, 6) is -39.6. The fraction of sp³-hybridized carbons (Fsp3) is 0.444. The van der Waals surface area contributed by atoms with Gasteiger partial charge < -0.3 is 56.8 Å². The van der Waals surface area contributed by atoms with Gasteiger partial charge in [-0.05, 0) is 107 Å². The molecule has 0 heterocycles. The Morgan fingerprint density at radius 1 is 0.167 bits per heavy atom. The Morgan fingerprint density at radius 3 is 0.391 bits per heavy atom. The van der Waals surface area contributed by atoms with Gasteiger partial charge in [0.2, 0.25) is 0 Å².